The molecule has 0 bridgehead atoms. The maximum absolute atomic E-state index is 12.4. The second kappa shape index (κ2) is 9.76. The van der Waals surface area contributed by atoms with Crippen LogP contribution in [0.2, 0.25) is 0 Å². The molecule has 1 aliphatic carbocycles. The molecule has 1 saturated heterocycles. The van der Waals surface area contributed by atoms with E-state index in [4.69, 9.17) is 5.11 Å². The molecule has 1 aromatic rings. The lowest BCUT2D eigenvalue weighted by atomic mass is 10.1. The fourth-order valence-corrected chi connectivity index (χ4v) is 3.72. The van der Waals surface area contributed by atoms with Crippen LogP contribution in [0.15, 0.2) is 18.5 Å². The molecule has 28 heavy (non-hydrogen) atoms. The van der Waals surface area contributed by atoms with Gasteiger partial charge in [-0.3, -0.25) is 14.5 Å². The Balaban J connectivity index is 1.40. The number of carbonyl (C=O) groups excluding carboxylic acids is 2. The number of aromatic nitrogens is 2. The summed E-state index contributed by atoms with van der Waals surface area (Å²) in [5, 5.41) is 24.4. The zero-order chi connectivity index (χ0) is 19.9. The highest BCUT2D eigenvalue weighted by Gasteiger charge is 2.37. The fraction of sp³-hybridized carbons (Fsp3) is 0.667. The Hall–Kier alpha value is -2.30. The number of nitrogens with zero attached hydrogens (tertiary/aromatic N) is 4. The van der Waals surface area contributed by atoms with Crippen LogP contribution in [0.5, 0.6) is 0 Å². The second-order valence-corrected chi connectivity index (χ2v) is 7.24. The lowest BCUT2D eigenvalue weighted by Gasteiger charge is -2.34. The predicted octanol–water partition coefficient (Wildman–Crippen LogP) is -2.04. The summed E-state index contributed by atoms with van der Waals surface area (Å²) in [5.41, 5.74) is 0. The fourth-order valence-electron chi connectivity index (χ4n) is 3.72. The number of rotatable bonds is 7. The van der Waals surface area contributed by atoms with Crippen molar-refractivity contribution < 1.29 is 19.8 Å². The van der Waals surface area contributed by atoms with Crippen LogP contribution in [-0.2, 0) is 9.59 Å². The third kappa shape index (κ3) is 5.37. The van der Waals surface area contributed by atoms with Gasteiger partial charge in [0.2, 0.25) is 17.8 Å². The molecule has 0 spiro atoms. The van der Waals surface area contributed by atoms with Gasteiger partial charge in [-0.1, -0.05) is 0 Å². The Labute approximate surface area is 163 Å². The Bertz CT molecular complexity index is 653. The summed E-state index contributed by atoms with van der Waals surface area (Å²) >= 11 is 0. The van der Waals surface area contributed by atoms with Crippen molar-refractivity contribution >= 4 is 17.8 Å². The topological polar surface area (TPSA) is 131 Å². The first-order valence-electron chi connectivity index (χ1n) is 9.67. The molecule has 1 aromatic heterocycles. The molecular weight excluding hydrogens is 364 g/mol. The van der Waals surface area contributed by atoms with Crippen LogP contribution in [0.4, 0.5) is 5.95 Å². The van der Waals surface area contributed by atoms with Gasteiger partial charge in [0, 0.05) is 51.0 Å². The minimum absolute atomic E-state index is 0.120. The zero-order valence-corrected chi connectivity index (χ0v) is 15.8. The molecular formula is C18H28N6O4. The normalized spacial score (nSPS) is 25.5. The lowest BCUT2D eigenvalue weighted by molar-refractivity contribution is -0.126. The van der Waals surface area contributed by atoms with Gasteiger partial charge in [0.05, 0.1) is 25.3 Å². The van der Waals surface area contributed by atoms with E-state index in [9.17, 15) is 14.7 Å². The quantitative estimate of drug-likeness (QED) is 0.418. The summed E-state index contributed by atoms with van der Waals surface area (Å²) in [6, 6.07) is 1.36. The highest BCUT2D eigenvalue weighted by Crippen LogP contribution is 2.26. The predicted molar refractivity (Wildman–Crippen MR) is 101 cm³/mol. The monoisotopic (exact) mass is 392 g/mol. The van der Waals surface area contributed by atoms with E-state index in [2.05, 4.69) is 30.4 Å². The summed E-state index contributed by atoms with van der Waals surface area (Å²) in [4.78, 5) is 37.0. The highest BCUT2D eigenvalue weighted by molar-refractivity contribution is 5.80. The van der Waals surface area contributed by atoms with Crippen LogP contribution in [0.3, 0.4) is 0 Å². The summed E-state index contributed by atoms with van der Waals surface area (Å²) in [6.45, 7) is 3.28. The molecule has 10 heteroatoms. The molecule has 0 radical (unpaired) electrons. The van der Waals surface area contributed by atoms with Crippen LogP contribution >= 0.6 is 0 Å². The maximum atomic E-state index is 12.4. The van der Waals surface area contributed by atoms with Gasteiger partial charge < -0.3 is 25.7 Å². The van der Waals surface area contributed by atoms with Gasteiger partial charge in [0.1, 0.15) is 0 Å². The van der Waals surface area contributed by atoms with E-state index in [1.54, 1.807) is 18.5 Å². The summed E-state index contributed by atoms with van der Waals surface area (Å²) in [5.74, 6) is 0.0152. The minimum atomic E-state index is -0.735. The maximum Gasteiger partial charge on any atom is 0.234 e. The summed E-state index contributed by atoms with van der Waals surface area (Å²) in [7, 11) is 0. The van der Waals surface area contributed by atoms with Crippen molar-refractivity contribution in [2.45, 2.75) is 25.0 Å². The molecule has 2 aliphatic rings. The number of piperazine rings is 1. The molecule has 1 saturated carbocycles. The number of aliphatic hydroxyl groups excluding tert-OH is 2. The average molecular weight is 392 g/mol. The molecule has 154 valence electrons. The standard InChI is InChI=1S/C18H28N6O4/c25-9-4-19-17(28)13-10-14(15(26)11-13)22-16(27)12-23-5-7-24(8-6-23)18-20-2-1-3-21-18/h1-3,13-15,25-26H,4-12H2,(H,19,28)(H,22,27)/t13-,14+,15+/m0/s1. The van der Waals surface area contributed by atoms with Gasteiger partial charge in [-0.2, -0.15) is 0 Å². The van der Waals surface area contributed by atoms with Gasteiger partial charge in [0.25, 0.3) is 0 Å². The molecule has 10 nitrogen and oxygen atoms in total. The van der Waals surface area contributed by atoms with E-state index in [1.165, 1.54) is 0 Å². The van der Waals surface area contributed by atoms with Crippen molar-refractivity contribution in [3.8, 4) is 0 Å². The van der Waals surface area contributed by atoms with Gasteiger partial charge >= 0.3 is 0 Å². The molecule has 2 amide bonds. The van der Waals surface area contributed by atoms with Crippen LogP contribution in [0, 0.1) is 5.92 Å². The second-order valence-electron chi connectivity index (χ2n) is 7.24. The Kier molecular flexibility index (Phi) is 7.12. The smallest absolute Gasteiger partial charge is 0.234 e. The Morgan fingerprint density at radius 3 is 2.54 bits per heavy atom. The van der Waals surface area contributed by atoms with Crippen molar-refractivity contribution in [1.82, 2.24) is 25.5 Å². The van der Waals surface area contributed by atoms with Crippen molar-refractivity contribution in [2.24, 2.45) is 5.92 Å². The zero-order valence-electron chi connectivity index (χ0n) is 15.8. The van der Waals surface area contributed by atoms with E-state index in [-0.39, 0.29) is 37.4 Å². The van der Waals surface area contributed by atoms with Crippen LogP contribution in [-0.4, -0.2) is 94.9 Å². The van der Waals surface area contributed by atoms with E-state index in [0.717, 1.165) is 26.2 Å². The Morgan fingerprint density at radius 1 is 1.14 bits per heavy atom. The summed E-state index contributed by atoms with van der Waals surface area (Å²) < 4.78 is 0. The van der Waals surface area contributed by atoms with E-state index in [0.29, 0.717) is 18.8 Å². The molecule has 3 rings (SSSR count). The third-order valence-electron chi connectivity index (χ3n) is 5.23. The number of aliphatic hydroxyl groups is 2. The minimum Gasteiger partial charge on any atom is -0.395 e. The SMILES string of the molecule is O=C(CN1CCN(c2ncccn2)CC1)N[C@@H]1C[C@H](C(=O)NCCO)C[C@H]1O. The van der Waals surface area contributed by atoms with Gasteiger partial charge in [-0.05, 0) is 18.9 Å². The molecule has 0 aromatic carbocycles. The molecule has 0 unspecified atom stereocenters. The van der Waals surface area contributed by atoms with Gasteiger partial charge in [-0.25, -0.2) is 9.97 Å². The summed E-state index contributed by atoms with van der Waals surface area (Å²) in [6.07, 6.45) is 3.42. The van der Waals surface area contributed by atoms with Crippen molar-refractivity contribution in [3.05, 3.63) is 18.5 Å². The number of hydrogen-bond acceptors (Lipinski definition) is 8. The average Bonchev–Trinajstić information content (AvgIpc) is 3.07. The van der Waals surface area contributed by atoms with Crippen molar-refractivity contribution in [2.75, 3.05) is 50.8 Å². The molecule has 4 N–H and O–H groups in total. The first kappa shape index (κ1) is 20.4. The number of amides is 2. The largest absolute Gasteiger partial charge is 0.395 e. The molecule has 2 fully saturated rings. The molecule has 1 aliphatic heterocycles. The van der Waals surface area contributed by atoms with E-state index in [1.807, 2.05) is 0 Å². The number of hydrogen-bond donors (Lipinski definition) is 4. The highest BCUT2D eigenvalue weighted by atomic mass is 16.3. The van der Waals surface area contributed by atoms with Crippen LogP contribution in [0.25, 0.3) is 0 Å². The van der Waals surface area contributed by atoms with E-state index >= 15 is 0 Å². The van der Waals surface area contributed by atoms with Gasteiger partial charge in [-0.15, -0.1) is 0 Å². The van der Waals surface area contributed by atoms with Crippen LogP contribution < -0.4 is 15.5 Å². The van der Waals surface area contributed by atoms with Crippen LogP contribution in [0.1, 0.15) is 12.8 Å². The molecule has 3 atom stereocenters. The Morgan fingerprint density at radius 2 is 1.86 bits per heavy atom. The molecule has 2 heterocycles. The number of nitrogens with one attached hydrogen (secondary N) is 2. The van der Waals surface area contributed by atoms with Crippen molar-refractivity contribution in [3.63, 3.8) is 0 Å². The first-order valence-corrected chi connectivity index (χ1v) is 9.67. The first-order chi connectivity index (χ1) is 13.6. The number of carbonyl (C=O) groups is 2. The van der Waals surface area contributed by atoms with Gasteiger partial charge in [0.15, 0.2) is 0 Å². The van der Waals surface area contributed by atoms with E-state index < -0.39 is 12.1 Å². The van der Waals surface area contributed by atoms with Crippen molar-refractivity contribution in [1.29, 1.82) is 0 Å². The number of anilines is 1. The lowest BCUT2D eigenvalue weighted by Crippen LogP contribution is -2.51. The third-order valence-corrected chi connectivity index (χ3v) is 5.23.